The number of rotatable bonds is 8. The number of fused-ring (bicyclic) bond motifs is 1. The molecule has 7 heteroatoms. The van der Waals surface area contributed by atoms with Crippen LogP contribution in [0.5, 0.6) is 0 Å². The quantitative estimate of drug-likeness (QED) is 0.401. The van der Waals surface area contributed by atoms with E-state index in [9.17, 15) is 9.59 Å². The Balaban J connectivity index is 1.52. The summed E-state index contributed by atoms with van der Waals surface area (Å²) in [5, 5.41) is 6.28. The number of nitrogens with zero attached hydrogens (tertiary/aromatic N) is 2. The summed E-state index contributed by atoms with van der Waals surface area (Å²) in [5.74, 6) is 0.843. The Kier molecular flexibility index (Phi) is 5.46. The third-order valence-corrected chi connectivity index (χ3v) is 5.73. The first-order valence-corrected chi connectivity index (χ1v) is 10.9. The Morgan fingerprint density at radius 2 is 1.72 bits per heavy atom. The maximum atomic E-state index is 12.8. The molecule has 1 fully saturated rings. The Labute approximate surface area is 185 Å². The first kappa shape index (κ1) is 20.1. The summed E-state index contributed by atoms with van der Waals surface area (Å²) in [5.41, 5.74) is 3.41. The molecule has 3 N–H and O–H groups in total. The van der Waals surface area contributed by atoms with Gasteiger partial charge < -0.3 is 15.6 Å². The van der Waals surface area contributed by atoms with Crippen molar-refractivity contribution in [1.82, 2.24) is 19.9 Å². The molecular formula is C25H25N5O2. The van der Waals surface area contributed by atoms with Crippen molar-refractivity contribution in [2.75, 3.05) is 11.9 Å². The normalized spacial score (nSPS) is 13.2. The molecule has 1 aliphatic rings. The fourth-order valence-corrected chi connectivity index (χ4v) is 3.75. The summed E-state index contributed by atoms with van der Waals surface area (Å²) in [6, 6.07) is 21.4. The molecule has 1 saturated carbocycles. The highest BCUT2D eigenvalue weighted by molar-refractivity contribution is 5.98. The van der Waals surface area contributed by atoms with E-state index in [2.05, 4.69) is 20.6 Å². The van der Waals surface area contributed by atoms with Crippen molar-refractivity contribution in [1.29, 1.82) is 0 Å². The molecule has 32 heavy (non-hydrogen) atoms. The van der Waals surface area contributed by atoms with E-state index in [1.807, 2.05) is 60.7 Å². The summed E-state index contributed by atoms with van der Waals surface area (Å²) >= 11 is 0. The van der Waals surface area contributed by atoms with Gasteiger partial charge in [0.15, 0.2) is 5.82 Å². The Bertz CT molecular complexity index is 1290. The highest BCUT2D eigenvalue weighted by Crippen LogP contribution is 2.28. The Morgan fingerprint density at radius 1 is 1.03 bits per heavy atom. The maximum Gasteiger partial charge on any atom is 0.326 e. The Morgan fingerprint density at radius 3 is 2.41 bits per heavy atom. The van der Waals surface area contributed by atoms with Gasteiger partial charge in [-0.1, -0.05) is 60.7 Å². The molecule has 0 radical (unpaired) electrons. The van der Waals surface area contributed by atoms with Crippen molar-refractivity contribution in [2.45, 2.75) is 25.9 Å². The van der Waals surface area contributed by atoms with Gasteiger partial charge in [0, 0.05) is 13.1 Å². The van der Waals surface area contributed by atoms with Crippen LogP contribution in [0.3, 0.4) is 0 Å². The first-order chi connectivity index (χ1) is 15.7. The molecule has 0 spiro atoms. The van der Waals surface area contributed by atoms with Gasteiger partial charge >= 0.3 is 5.69 Å². The molecule has 1 aliphatic carbocycles. The van der Waals surface area contributed by atoms with E-state index >= 15 is 0 Å². The summed E-state index contributed by atoms with van der Waals surface area (Å²) in [6.07, 6.45) is 2.32. The third kappa shape index (κ3) is 4.42. The van der Waals surface area contributed by atoms with Crippen LogP contribution in [0.1, 0.15) is 34.5 Å². The van der Waals surface area contributed by atoms with Gasteiger partial charge in [0.05, 0.1) is 12.1 Å². The molecule has 2 aromatic heterocycles. The number of amides is 1. The van der Waals surface area contributed by atoms with Crippen LogP contribution in [0, 0.1) is 5.92 Å². The van der Waals surface area contributed by atoms with E-state index in [1.54, 1.807) is 10.6 Å². The fourth-order valence-electron chi connectivity index (χ4n) is 3.75. The lowest BCUT2D eigenvalue weighted by molar-refractivity contribution is 0.0947. The van der Waals surface area contributed by atoms with Crippen LogP contribution < -0.4 is 16.3 Å². The van der Waals surface area contributed by atoms with E-state index in [4.69, 9.17) is 0 Å². The molecule has 0 atom stereocenters. The number of nitrogens with one attached hydrogen (secondary N) is 3. The molecule has 2 heterocycles. The van der Waals surface area contributed by atoms with E-state index in [-0.39, 0.29) is 11.6 Å². The number of hydrogen-bond acceptors (Lipinski definition) is 4. The average Bonchev–Trinajstić information content (AvgIpc) is 3.61. The van der Waals surface area contributed by atoms with Crippen molar-refractivity contribution >= 4 is 22.8 Å². The van der Waals surface area contributed by atoms with Gasteiger partial charge in [-0.15, -0.1) is 0 Å². The lowest BCUT2D eigenvalue weighted by Crippen LogP contribution is -2.26. The highest BCUT2D eigenvalue weighted by Gasteiger charge is 2.23. The SMILES string of the molecule is O=C(NCC1CC1)c1cc2c([nH]c(=O)n2Cc2ccccc2)c(NCc2ccccc2)n1. The molecule has 5 rings (SSSR count). The van der Waals surface area contributed by atoms with E-state index < -0.39 is 0 Å². The second kappa shape index (κ2) is 8.70. The molecule has 0 saturated heterocycles. The van der Waals surface area contributed by atoms with Crippen LogP contribution in [-0.2, 0) is 13.1 Å². The number of carbonyl (C=O) groups is 1. The van der Waals surface area contributed by atoms with Crippen molar-refractivity contribution in [3.8, 4) is 0 Å². The number of anilines is 1. The number of aromatic nitrogens is 3. The van der Waals surface area contributed by atoms with Crippen LogP contribution in [0.2, 0.25) is 0 Å². The van der Waals surface area contributed by atoms with Gasteiger partial charge in [-0.25, -0.2) is 9.78 Å². The van der Waals surface area contributed by atoms with Crippen LogP contribution in [0.4, 0.5) is 5.82 Å². The van der Waals surface area contributed by atoms with Crippen molar-refractivity contribution in [3.63, 3.8) is 0 Å². The van der Waals surface area contributed by atoms with Crippen molar-refractivity contribution in [3.05, 3.63) is 94.0 Å². The lowest BCUT2D eigenvalue weighted by Gasteiger charge is -2.11. The number of carbonyl (C=O) groups excluding carboxylic acids is 1. The van der Waals surface area contributed by atoms with Crippen LogP contribution in [0.25, 0.3) is 11.0 Å². The number of pyridine rings is 1. The molecule has 4 aromatic rings. The largest absolute Gasteiger partial charge is 0.364 e. The van der Waals surface area contributed by atoms with Crippen molar-refractivity contribution < 1.29 is 4.79 Å². The Hall–Kier alpha value is -3.87. The zero-order valence-corrected chi connectivity index (χ0v) is 17.7. The van der Waals surface area contributed by atoms with Gasteiger partial charge in [-0.05, 0) is 36.0 Å². The number of aromatic amines is 1. The zero-order valence-electron chi connectivity index (χ0n) is 17.7. The van der Waals surface area contributed by atoms with Crippen LogP contribution in [0.15, 0.2) is 71.5 Å². The van der Waals surface area contributed by atoms with Gasteiger partial charge in [0.2, 0.25) is 0 Å². The monoisotopic (exact) mass is 427 g/mol. The zero-order chi connectivity index (χ0) is 21.9. The van der Waals surface area contributed by atoms with E-state index in [0.29, 0.717) is 48.1 Å². The maximum absolute atomic E-state index is 12.8. The van der Waals surface area contributed by atoms with Crippen LogP contribution >= 0.6 is 0 Å². The summed E-state index contributed by atoms with van der Waals surface area (Å²) < 4.78 is 1.65. The topological polar surface area (TPSA) is 91.8 Å². The lowest BCUT2D eigenvalue weighted by atomic mass is 10.2. The second-order valence-corrected chi connectivity index (χ2v) is 8.24. The minimum absolute atomic E-state index is 0.221. The smallest absolute Gasteiger partial charge is 0.326 e. The van der Waals surface area contributed by atoms with Gasteiger partial charge in [-0.2, -0.15) is 0 Å². The average molecular weight is 428 g/mol. The fraction of sp³-hybridized carbons (Fsp3) is 0.240. The summed E-state index contributed by atoms with van der Waals surface area (Å²) in [6.45, 7) is 1.60. The number of imidazole rings is 1. The predicted octanol–water partition coefficient (Wildman–Crippen LogP) is 3.52. The highest BCUT2D eigenvalue weighted by atomic mass is 16.2. The van der Waals surface area contributed by atoms with Gasteiger partial charge in [0.1, 0.15) is 11.2 Å². The predicted molar refractivity (Wildman–Crippen MR) is 125 cm³/mol. The molecule has 7 nitrogen and oxygen atoms in total. The molecular weight excluding hydrogens is 402 g/mol. The molecule has 0 aliphatic heterocycles. The molecule has 162 valence electrons. The summed E-state index contributed by atoms with van der Waals surface area (Å²) in [7, 11) is 0. The third-order valence-electron chi connectivity index (χ3n) is 5.73. The van der Waals surface area contributed by atoms with Gasteiger partial charge in [0.25, 0.3) is 5.91 Å². The van der Waals surface area contributed by atoms with Gasteiger partial charge in [-0.3, -0.25) is 9.36 Å². The summed E-state index contributed by atoms with van der Waals surface area (Å²) in [4.78, 5) is 33.1. The molecule has 0 bridgehead atoms. The second-order valence-electron chi connectivity index (χ2n) is 8.24. The number of hydrogen-bond donors (Lipinski definition) is 3. The van der Waals surface area contributed by atoms with E-state index in [0.717, 1.165) is 24.0 Å². The van der Waals surface area contributed by atoms with Crippen LogP contribution in [-0.4, -0.2) is 27.0 Å². The number of H-pyrrole nitrogens is 1. The molecule has 1 amide bonds. The first-order valence-electron chi connectivity index (χ1n) is 10.9. The number of benzene rings is 2. The van der Waals surface area contributed by atoms with E-state index in [1.165, 1.54) is 0 Å². The minimum Gasteiger partial charge on any atom is -0.364 e. The van der Waals surface area contributed by atoms with Crippen molar-refractivity contribution in [2.24, 2.45) is 5.92 Å². The molecule has 0 unspecified atom stereocenters. The molecule has 2 aromatic carbocycles. The standard InChI is InChI=1S/C25H25N5O2/c31-24(27-15-18-11-12-18)20-13-21-22(23(28-20)26-14-17-7-3-1-4-8-17)29-25(32)30(21)16-19-9-5-2-6-10-19/h1-10,13,18H,11-12,14-16H2,(H,26,28)(H,27,31)(H,29,32). The minimum atomic E-state index is -0.232.